The molecule has 7 heteroatoms. The molecule has 0 aliphatic carbocycles. The Kier molecular flexibility index (Phi) is 6.16. The van der Waals surface area contributed by atoms with Crippen LogP contribution in [0.2, 0.25) is 0 Å². The number of amides is 2. The van der Waals surface area contributed by atoms with Gasteiger partial charge in [0.1, 0.15) is 18.7 Å². The summed E-state index contributed by atoms with van der Waals surface area (Å²) in [5, 5.41) is 12.3. The zero-order chi connectivity index (χ0) is 21.0. The van der Waals surface area contributed by atoms with Crippen LogP contribution in [0.1, 0.15) is 37.3 Å². The molecule has 2 aromatic rings. The van der Waals surface area contributed by atoms with Gasteiger partial charge < -0.3 is 15.2 Å². The van der Waals surface area contributed by atoms with Gasteiger partial charge in [-0.15, -0.1) is 0 Å². The van der Waals surface area contributed by atoms with Gasteiger partial charge in [0.25, 0.3) is 5.91 Å². The van der Waals surface area contributed by atoms with Crippen LogP contribution in [0, 0.1) is 0 Å². The van der Waals surface area contributed by atoms with E-state index in [4.69, 9.17) is 4.74 Å². The summed E-state index contributed by atoms with van der Waals surface area (Å²) in [5.41, 5.74) is 2.19. The average molecular weight is 396 g/mol. The fraction of sp³-hybridized carbons (Fsp3) is 0.318. The van der Waals surface area contributed by atoms with Gasteiger partial charge >= 0.3 is 12.1 Å². The van der Waals surface area contributed by atoms with Gasteiger partial charge in [-0.25, -0.2) is 9.59 Å². The van der Waals surface area contributed by atoms with E-state index in [1.54, 1.807) is 26.0 Å². The van der Waals surface area contributed by atoms with E-state index in [1.165, 1.54) is 4.90 Å². The molecule has 2 amide bonds. The maximum atomic E-state index is 13.2. The first-order chi connectivity index (χ1) is 13.9. The first-order valence-electron chi connectivity index (χ1n) is 9.56. The molecule has 152 valence electrons. The monoisotopic (exact) mass is 396 g/mol. The number of para-hydroxylation sites is 1. The molecule has 7 nitrogen and oxygen atoms in total. The van der Waals surface area contributed by atoms with Gasteiger partial charge in [0, 0.05) is 11.6 Å². The van der Waals surface area contributed by atoms with Crippen molar-refractivity contribution in [2.24, 2.45) is 0 Å². The third-order valence-corrected chi connectivity index (χ3v) is 5.14. The van der Waals surface area contributed by atoms with E-state index in [2.05, 4.69) is 5.32 Å². The van der Waals surface area contributed by atoms with Gasteiger partial charge in [-0.3, -0.25) is 9.69 Å². The topological polar surface area (TPSA) is 95.9 Å². The van der Waals surface area contributed by atoms with Crippen molar-refractivity contribution < 1.29 is 24.2 Å². The molecule has 29 heavy (non-hydrogen) atoms. The van der Waals surface area contributed by atoms with E-state index in [1.807, 2.05) is 42.5 Å². The lowest BCUT2D eigenvalue weighted by molar-refractivity contribution is -0.140. The van der Waals surface area contributed by atoms with E-state index in [0.29, 0.717) is 12.1 Å². The van der Waals surface area contributed by atoms with Crippen LogP contribution in [0.5, 0.6) is 0 Å². The molecule has 0 aromatic heterocycles. The van der Waals surface area contributed by atoms with Crippen molar-refractivity contribution in [3.05, 3.63) is 65.7 Å². The van der Waals surface area contributed by atoms with Gasteiger partial charge in [0.2, 0.25) is 0 Å². The number of alkyl carbamates (subject to hydrolysis) is 1. The Morgan fingerprint density at radius 1 is 1.10 bits per heavy atom. The second-order valence-electron chi connectivity index (χ2n) is 7.01. The third kappa shape index (κ3) is 4.23. The van der Waals surface area contributed by atoms with Gasteiger partial charge in [0.15, 0.2) is 0 Å². The minimum Gasteiger partial charge on any atom is -0.480 e. The van der Waals surface area contributed by atoms with Crippen molar-refractivity contribution >= 4 is 23.7 Å². The van der Waals surface area contributed by atoms with Gasteiger partial charge in [-0.05, 0) is 23.6 Å². The molecular weight excluding hydrogens is 372 g/mol. The summed E-state index contributed by atoms with van der Waals surface area (Å²) >= 11 is 0. The SMILES string of the molecule is CC[C@H](NC(=O)OCc1ccccc1)C(=O)N1c2ccccc2[C@H](C)[C@H]1C(=O)O. The summed E-state index contributed by atoms with van der Waals surface area (Å²) in [6.07, 6.45) is -0.417. The second kappa shape index (κ2) is 8.77. The lowest BCUT2D eigenvalue weighted by Crippen LogP contribution is -2.53. The Labute approximate surface area is 169 Å². The highest BCUT2D eigenvalue weighted by atomic mass is 16.5. The third-order valence-electron chi connectivity index (χ3n) is 5.14. The number of nitrogens with one attached hydrogen (secondary N) is 1. The fourth-order valence-electron chi connectivity index (χ4n) is 3.63. The van der Waals surface area contributed by atoms with E-state index < -0.39 is 30.1 Å². The molecule has 0 radical (unpaired) electrons. The molecule has 2 aromatic carbocycles. The van der Waals surface area contributed by atoms with Gasteiger partial charge in [-0.1, -0.05) is 62.4 Å². The molecule has 1 heterocycles. The molecule has 0 bridgehead atoms. The van der Waals surface area contributed by atoms with E-state index in [0.717, 1.165) is 11.1 Å². The summed E-state index contributed by atoms with van der Waals surface area (Å²) in [6.45, 7) is 3.62. The number of carboxylic acid groups (broad SMARTS) is 1. The largest absolute Gasteiger partial charge is 0.480 e. The molecular formula is C22H24N2O5. The normalized spacial score (nSPS) is 18.6. The molecule has 0 spiro atoms. The smallest absolute Gasteiger partial charge is 0.408 e. The molecule has 2 N–H and O–H groups in total. The zero-order valence-corrected chi connectivity index (χ0v) is 16.4. The number of ether oxygens (including phenoxy) is 1. The number of carboxylic acids is 1. The number of hydrogen-bond donors (Lipinski definition) is 2. The van der Waals surface area contributed by atoms with E-state index in [-0.39, 0.29) is 12.5 Å². The van der Waals surface area contributed by atoms with Crippen LogP contribution in [0.15, 0.2) is 54.6 Å². The van der Waals surface area contributed by atoms with Gasteiger partial charge in [-0.2, -0.15) is 0 Å². The number of anilines is 1. The minimum absolute atomic E-state index is 0.0820. The Balaban J connectivity index is 1.74. The Morgan fingerprint density at radius 3 is 2.41 bits per heavy atom. The second-order valence-corrected chi connectivity index (χ2v) is 7.01. The number of carbonyl (C=O) groups excluding carboxylic acids is 2. The maximum Gasteiger partial charge on any atom is 0.408 e. The first-order valence-corrected chi connectivity index (χ1v) is 9.56. The number of hydrogen-bond acceptors (Lipinski definition) is 4. The number of benzene rings is 2. The molecule has 1 aliphatic rings. The predicted molar refractivity (Wildman–Crippen MR) is 108 cm³/mol. The number of fused-ring (bicyclic) bond motifs is 1. The Morgan fingerprint density at radius 2 is 1.76 bits per heavy atom. The van der Waals surface area contributed by atoms with Crippen LogP contribution >= 0.6 is 0 Å². The molecule has 0 saturated heterocycles. The summed E-state index contributed by atoms with van der Waals surface area (Å²) in [6, 6.07) is 14.4. The van der Waals surface area contributed by atoms with Crippen molar-refractivity contribution in [2.45, 2.75) is 44.9 Å². The molecule has 0 unspecified atom stereocenters. The Hall–Kier alpha value is -3.35. The van der Waals surface area contributed by atoms with Crippen LogP contribution in [0.25, 0.3) is 0 Å². The lowest BCUT2D eigenvalue weighted by atomic mass is 9.97. The van der Waals surface area contributed by atoms with Crippen LogP contribution in [-0.4, -0.2) is 35.2 Å². The molecule has 3 rings (SSSR count). The number of carbonyl (C=O) groups is 3. The highest BCUT2D eigenvalue weighted by Gasteiger charge is 2.45. The highest BCUT2D eigenvalue weighted by Crippen LogP contribution is 2.41. The molecule has 3 atom stereocenters. The minimum atomic E-state index is -1.08. The van der Waals surface area contributed by atoms with Crippen molar-refractivity contribution in [3.8, 4) is 0 Å². The van der Waals surface area contributed by atoms with Crippen molar-refractivity contribution in [3.63, 3.8) is 0 Å². The summed E-state index contributed by atoms with van der Waals surface area (Å²) in [4.78, 5) is 38.6. The van der Waals surface area contributed by atoms with E-state index >= 15 is 0 Å². The van der Waals surface area contributed by atoms with Crippen LogP contribution in [0.4, 0.5) is 10.5 Å². The van der Waals surface area contributed by atoms with Crippen molar-refractivity contribution in [1.29, 1.82) is 0 Å². The molecule has 0 saturated carbocycles. The summed E-state index contributed by atoms with van der Waals surface area (Å²) < 4.78 is 5.20. The quantitative estimate of drug-likeness (QED) is 0.781. The predicted octanol–water partition coefficient (Wildman–Crippen LogP) is 3.29. The van der Waals surface area contributed by atoms with Crippen LogP contribution < -0.4 is 10.2 Å². The number of rotatable bonds is 6. The Bertz CT molecular complexity index is 899. The zero-order valence-electron chi connectivity index (χ0n) is 16.4. The van der Waals surface area contributed by atoms with E-state index in [9.17, 15) is 19.5 Å². The van der Waals surface area contributed by atoms with Crippen molar-refractivity contribution in [2.75, 3.05) is 4.90 Å². The number of aliphatic carboxylic acids is 1. The summed E-state index contributed by atoms with van der Waals surface area (Å²) in [7, 11) is 0. The average Bonchev–Trinajstić information content (AvgIpc) is 3.03. The maximum absolute atomic E-state index is 13.2. The van der Waals surface area contributed by atoms with Crippen LogP contribution in [0.3, 0.4) is 0 Å². The lowest BCUT2D eigenvalue weighted by Gasteiger charge is -2.28. The fourth-order valence-corrected chi connectivity index (χ4v) is 3.63. The van der Waals surface area contributed by atoms with Crippen molar-refractivity contribution in [1.82, 2.24) is 5.32 Å². The van der Waals surface area contributed by atoms with Crippen LogP contribution in [-0.2, 0) is 20.9 Å². The molecule has 1 aliphatic heterocycles. The number of nitrogens with zero attached hydrogens (tertiary/aromatic N) is 1. The van der Waals surface area contributed by atoms with Gasteiger partial charge in [0.05, 0.1) is 0 Å². The highest BCUT2D eigenvalue weighted by molar-refractivity contribution is 6.05. The standard InChI is InChI=1S/C22H24N2O5/c1-3-17(23-22(28)29-13-15-9-5-4-6-10-15)20(25)24-18-12-8-7-11-16(18)14(2)19(24)21(26)27/h4-12,14,17,19H,3,13H2,1-2H3,(H,23,28)(H,26,27)/t14-,17-,19-/m0/s1. The summed E-state index contributed by atoms with van der Waals surface area (Å²) in [5.74, 6) is -1.90. The first kappa shape index (κ1) is 20.4. The molecule has 0 fully saturated rings.